The molecule has 0 spiro atoms. The van der Waals surface area contributed by atoms with Gasteiger partial charge in [-0.05, 0) is 37.5 Å². The summed E-state index contributed by atoms with van der Waals surface area (Å²) in [5.41, 5.74) is 3.32. The van der Waals surface area contributed by atoms with E-state index in [-0.39, 0.29) is 11.8 Å². The van der Waals surface area contributed by atoms with Crippen LogP contribution in [0.2, 0.25) is 0 Å². The van der Waals surface area contributed by atoms with Gasteiger partial charge in [0.1, 0.15) is 5.01 Å². The number of fused-ring (bicyclic) bond motifs is 1. The van der Waals surface area contributed by atoms with Crippen molar-refractivity contribution in [3.63, 3.8) is 0 Å². The summed E-state index contributed by atoms with van der Waals surface area (Å²) in [4.78, 5) is 15.0. The van der Waals surface area contributed by atoms with Gasteiger partial charge in [0.25, 0.3) is 0 Å². The van der Waals surface area contributed by atoms with Crippen molar-refractivity contribution in [3.05, 3.63) is 34.8 Å². The van der Waals surface area contributed by atoms with Gasteiger partial charge in [-0.2, -0.15) is 0 Å². The molecule has 1 aliphatic carbocycles. The maximum Gasteiger partial charge on any atom is 0.223 e. The third kappa shape index (κ3) is 2.50. The molecule has 1 saturated carbocycles. The number of nitrogens with one attached hydrogen (secondary N) is 2. The molecule has 0 radical (unpaired) electrons. The van der Waals surface area contributed by atoms with Crippen LogP contribution in [-0.4, -0.2) is 21.1 Å². The maximum absolute atomic E-state index is 11.6. The van der Waals surface area contributed by atoms with E-state index in [1.54, 1.807) is 0 Å². The lowest BCUT2D eigenvalue weighted by molar-refractivity contribution is -0.122. The normalized spacial score (nSPS) is 14.4. The quantitative estimate of drug-likeness (QED) is 0.778. The number of amides is 1. The second-order valence-electron chi connectivity index (χ2n) is 5.71. The van der Waals surface area contributed by atoms with Gasteiger partial charge in [-0.15, -0.1) is 10.2 Å². The van der Waals surface area contributed by atoms with Crippen molar-refractivity contribution in [1.29, 1.82) is 0 Å². The number of hydrogen-bond donors (Lipinski definition) is 2. The number of aromatic amines is 1. The van der Waals surface area contributed by atoms with Crippen molar-refractivity contribution in [2.75, 3.05) is 0 Å². The largest absolute Gasteiger partial charge is 0.353 e. The molecule has 1 fully saturated rings. The zero-order valence-corrected chi connectivity index (χ0v) is 13.0. The smallest absolute Gasteiger partial charge is 0.223 e. The summed E-state index contributed by atoms with van der Waals surface area (Å²) in [5, 5.41) is 14.2. The summed E-state index contributed by atoms with van der Waals surface area (Å²) in [6.07, 6.45) is 2.03. The van der Waals surface area contributed by atoms with Crippen LogP contribution in [0.15, 0.2) is 24.3 Å². The average molecular weight is 312 g/mol. The molecular formula is C16H16N4OS. The minimum atomic E-state index is 0.137. The van der Waals surface area contributed by atoms with Crippen molar-refractivity contribution < 1.29 is 4.79 Å². The van der Waals surface area contributed by atoms with Crippen LogP contribution >= 0.6 is 11.3 Å². The van der Waals surface area contributed by atoms with E-state index < -0.39 is 0 Å². The number of hydrogen-bond acceptors (Lipinski definition) is 4. The van der Waals surface area contributed by atoms with E-state index in [1.807, 2.05) is 6.07 Å². The lowest BCUT2D eigenvalue weighted by Gasteiger charge is -1.99. The molecular weight excluding hydrogens is 296 g/mol. The lowest BCUT2D eigenvalue weighted by atomic mass is 10.1. The maximum atomic E-state index is 11.6. The van der Waals surface area contributed by atoms with Crippen molar-refractivity contribution in [2.45, 2.75) is 26.3 Å². The minimum Gasteiger partial charge on any atom is -0.353 e. The van der Waals surface area contributed by atoms with Gasteiger partial charge < -0.3 is 10.3 Å². The average Bonchev–Trinajstić information content (AvgIpc) is 3.09. The molecule has 5 nitrogen and oxygen atoms in total. The lowest BCUT2D eigenvalue weighted by Crippen LogP contribution is -2.24. The van der Waals surface area contributed by atoms with Crippen LogP contribution in [-0.2, 0) is 11.3 Å². The zero-order valence-electron chi connectivity index (χ0n) is 12.2. The summed E-state index contributed by atoms with van der Waals surface area (Å²) in [6.45, 7) is 2.56. The Morgan fingerprint density at radius 3 is 3.05 bits per heavy atom. The topological polar surface area (TPSA) is 70.7 Å². The number of benzene rings is 1. The van der Waals surface area contributed by atoms with Gasteiger partial charge in [0.2, 0.25) is 5.91 Å². The molecule has 0 saturated heterocycles. The molecule has 112 valence electrons. The second kappa shape index (κ2) is 5.21. The molecule has 6 heteroatoms. The Hall–Kier alpha value is -2.21. The highest BCUT2D eigenvalue weighted by Crippen LogP contribution is 2.30. The fraction of sp³-hybridized carbons (Fsp3) is 0.312. The van der Waals surface area contributed by atoms with Crippen molar-refractivity contribution >= 4 is 28.1 Å². The number of aromatic nitrogens is 3. The van der Waals surface area contributed by atoms with E-state index in [0.29, 0.717) is 6.54 Å². The molecule has 2 aromatic heterocycles. The van der Waals surface area contributed by atoms with Gasteiger partial charge in [0.05, 0.1) is 12.2 Å². The summed E-state index contributed by atoms with van der Waals surface area (Å²) in [5.74, 6) is 0.363. The first-order valence-corrected chi connectivity index (χ1v) is 8.21. The number of aryl methyl sites for hydroxylation is 1. The highest BCUT2D eigenvalue weighted by Gasteiger charge is 2.29. The van der Waals surface area contributed by atoms with Crippen LogP contribution in [0.3, 0.4) is 0 Å². The van der Waals surface area contributed by atoms with Gasteiger partial charge in [0, 0.05) is 16.8 Å². The molecule has 22 heavy (non-hydrogen) atoms. The fourth-order valence-corrected chi connectivity index (χ4v) is 3.26. The van der Waals surface area contributed by atoms with Crippen molar-refractivity contribution in [1.82, 2.24) is 20.5 Å². The molecule has 2 heterocycles. The number of carbonyl (C=O) groups excluding carboxylic acids is 1. The van der Waals surface area contributed by atoms with E-state index in [4.69, 9.17) is 0 Å². The van der Waals surface area contributed by atoms with E-state index >= 15 is 0 Å². The summed E-state index contributed by atoms with van der Waals surface area (Å²) >= 11 is 1.51. The minimum absolute atomic E-state index is 0.137. The number of carbonyl (C=O) groups is 1. The molecule has 3 aromatic rings. The summed E-state index contributed by atoms with van der Waals surface area (Å²) in [6, 6.07) is 8.30. The Balaban J connectivity index is 1.54. The highest BCUT2D eigenvalue weighted by atomic mass is 32.1. The van der Waals surface area contributed by atoms with Crippen LogP contribution < -0.4 is 5.32 Å². The standard InChI is InChI=1S/C16H16N4OS/c1-9-3-2-4-12-11(9)7-13(18-12)16-20-19-14(22-16)8-17-15(21)10-5-6-10/h2-4,7,10,18H,5-6,8H2,1H3,(H,17,21). The zero-order chi connectivity index (χ0) is 15.1. The van der Waals surface area contributed by atoms with Crippen LogP contribution in [0.5, 0.6) is 0 Å². The number of nitrogens with zero attached hydrogens (tertiary/aromatic N) is 2. The molecule has 2 N–H and O–H groups in total. The fourth-order valence-electron chi connectivity index (χ4n) is 2.51. The number of rotatable bonds is 4. The Morgan fingerprint density at radius 2 is 2.27 bits per heavy atom. The summed E-state index contributed by atoms with van der Waals surface area (Å²) in [7, 11) is 0. The third-order valence-corrected chi connectivity index (χ3v) is 4.90. The van der Waals surface area contributed by atoms with Gasteiger partial charge in [0.15, 0.2) is 5.01 Å². The first kappa shape index (κ1) is 13.5. The van der Waals surface area contributed by atoms with Crippen molar-refractivity contribution in [2.24, 2.45) is 5.92 Å². The van der Waals surface area contributed by atoms with Gasteiger partial charge in [-0.1, -0.05) is 23.5 Å². The van der Waals surface area contributed by atoms with Gasteiger partial charge in [-0.3, -0.25) is 4.79 Å². The Morgan fingerprint density at radius 1 is 1.41 bits per heavy atom. The Kier molecular flexibility index (Phi) is 3.18. The van der Waals surface area contributed by atoms with E-state index in [0.717, 1.165) is 34.1 Å². The molecule has 4 rings (SSSR count). The van der Waals surface area contributed by atoms with Crippen LogP contribution in [0.1, 0.15) is 23.4 Å². The number of H-pyrrole nitrogens is 1. The predicted octanol–water partition coefficient (Wildman–Crippen LogP) is 3.02. The first-order chi connectivity index (χ1) is 10.7. The molecule has 1 aliphatic rings. The van der Waals surface area contributed by atoms with E-state index in [1.165, 1.54) is 22.3 Å². The molecule has 0 unspecified atom stereocenters. The molecule has 1 aromatic carbocycles. The SMILES string of the molecule is Cc1cccc2[nH]c(-c3nnc(CNC(=O)C4CC4)s3)cc12. The van der Waals surface area contributed by atoms with E-state index in [9.17, 15) is 4.79 Å². The predicted molar refractivity (Wildman–Crippen MR) is 86.5 cm³/mol. The van der Waals surface area contributed by atoms with E-state index in [2.05, 4.69) is 45.6 Å². The second-order valence-corrected chi connectivity index (χ2v) is 6.77. The van der Waals surface area contributed by atoms with Crippen LogP contribution in [0.4, 0.5) is 0 Å². The molecule has 0 atom stereocenters. The monoisotopic (exact) mass is 312 g/mol. The molecule has 0 aliphatic heterocycles. The van der Waals surface area contributed by atoms with Crippen molar-refractivity contribution in [3.8, 4) is 10.7 Å². The van der Waals surface area contributed by atoms with Crippen LogP contribution in [0, 0.1) is 12.8 Å². The van der Waals surface area contributed by atoms with Gasteiger partial charge in [-0.25, -0.2) is 0 Å². The first-order valence-electron chi connectivity index (χ1n) is 7.39. The Bertz CT molecular complexity index is 847. The Labute approximate surface area is 131 Å². The summed E-state index contributed by atoms with van der Waals surface area (Å²) < 4.78 is 0. The molecule has 0 bridgehead atoms. The highest BCUT2D eigenvalue weighted by molar-refractivity contribution is 7.14. The molecule has 1 amide bonds. The van der Waals surface area contributed by atoms with Gasteiger partial charge >= 0.3 is 0 Å². The third-order valence-electron chi connectivity index (χ3n) is 3.94. The van der Waals surface area contributed by atoms with Crippen LogP contribution in [0.25, 0.3) is 21.6 Å².